The summed E-state index contributed by atoms with van der Waals surface area (Å²) in [5.41, 5.74) is 5.60. The van der Waals surface area contributed by atoms with Gasteiger partial charge in [0.15, 0.2) is 0 Å². The van der Waals surface area contributed by atoms with Crippen LogP contribution in [-0.2, 0) is 10.8 Å². The van der Waals surface area contributed by atoms with Crippen molar-refractivity contribution in [2.24, 2.45) is 0 Å². The lowest BCUT2D eigenvalue weighted by Gasteiger charge is -2.26. The van der Waals surface area contributed by atoms with Crippen LogP contribution in [0.5, 0.6) is 0 Å². The van der Waals surface area contributed by atoms with E-state index in [-0.39, 0.29) is 10.8 Å². The van der Waals surface area contributed by atoms with E-state index in [0.29, 0.717) is 0 Å². The van der Waals surface area contributed by atoms with Gasteiger partial charge >= 0.3 is 0 Å². The molecule has 1 aromatic heterocycles. The second kappa shape index (κ2) is 6.99. The van der Waals surface area contributed by atoms with E-state index in [1.165, 1.54) is 11.1 Å². The quantitative estimate of drug-likeness (QED) is 0.542. The van der Waals surface area contributed by atoms with Gasteiger partial charge in [-0.3, -0.25) is 0 Å². The first-order chi connectivity index (χ1) is 11.7. The van der Waals surface area contributed by atoms with Crippen LogP contribution in [0.25, 0.3) is 16.7 Å². The molecule has 0 aliphatic carbocycles. The van der Waals surface area contributed by atoms with E-state index in [4.69, 9.17) is 0 Å². The SMILES string of the molecule is CC.CC(C)(C)c1ccc(C(C)(C)C)c(-n2nc3ccccc3n2)c1. The molecule has 0 radical (unpaired) electrons. The van der Waals surface area contributed by atoms with Crippen molar-refractivity contribution in [3.63, 3.8) is 0 Å². The zero-order valence-corrected chi connectivity index (χ0v) is 16.9. The van der Waals surface area contributed by atoms with Gasteiger partial charge in [-0.2, -0.15) is 4.80 Å². The van der Waals surface area contributed by atoms with Crippen LogP contribution >= 0.6 is 0 Å². The molecule has 3 rings (SSSR count). The Hall–Kier alpha value is -2.16. The van der Waals surface area contributed by atoms with Gasteiger partial charge < -0.3 is 0 Å². The average molecular weight is 338 g/mol. The molecule has 0 aliphatic rings. The van der Waals surface area contributed by atoms with E-state index in [2.05, 4.69) is 69.9 Å². The number of fused-ring (bicyclic) bond motifs is 1. The van der Waals surface area contributed by atoms with E-state index >= 15 is 0 Å². The minimum Gasteiger partial charge on any atom is -0.150 e. The normalized spacial score (nSPS) is 12.0. The van der Waals surface area contributed by atoms with Crippen LogP contribution in [0.2, 0.25) is 0 Å². The highest BCUT2D eigenvalue weighted by Crippen LogP contribution is 2.32. The fourth-order valence-electron chi connectivity index (χ4n) is 2.77. The maximum Gasteiger partial charge on any atom is 0.113 e. The predicted octanol–water partition coefficient (Wildman–Crippen LogP) is 6.04. The lowest BCUT2D eigenvalue weighted by atomic mass is 9.81. The first-order valence-corrected chi connectivity index (χ1v) is 9.14. The minimum atomic E-state index is 0.0333. The van der Waals surface area contributed by atoms with Crippen molar-refractivity contribution < 1.29 is 0 Å². The van der Waals surface area contributed by atoms with Gasteiger partial charge in [-0.25, -0.2) is 0 Å². The zero-order chi connectivity index (χ0) is 18.8. The Kier molecular flexibility index (Phi) is 5.36. The van der Waals surface area contributed by atoms with Gasteiger partial charge in [0, 0.05) is 0 Å². The van der Waals surface area contributed by atoms with Crippen molar-refractivity contribution in [2.45, 2.75) is 66.2 Å². The molecule has 0 atom stereocenters. The Balaban J connectivity index is 0.00000109. The molecule has 0 fully saturated rings. The maximum atomic E-state index is 4.69. The van der Waals surface area contributed by atoms with Crippen LogP contribution < -0.4 is 0 Å². The number of hydrogen-bond acceptors (Lipinski definition) is 2. The molecule has 0 bridgehead atoms. The summed E-state index contributed by atoms with van der Waals surface area (Å²) in [6.07, 6.45) is 0. The standard InChI is InChI=1S/C20H25N3.C2H6/c1-19(2,3)14-11-12-15(20(4,5)6)18(13-14)23-21-16-9-7-8-10-17(16)22-23;1-2/h7-13H,1-6H3;1-2H3. The molecule has 3 aromatic rings. The second-order valence-corrected chi connectivity index (χ2v) is 8.21. The molecule has 3 heteroatoms. The lowest BCUT2D eigenvalue weighted by Crippen LogP contribution is -2.19. The summed E-state index contributed by atoms with van der Waals surface area (Å²) < 4.78 is 0. The molecule has 0 N–H and O–H groups in total. The summed E-state index contributed by atoms with van der Waals surface area (Å²) in [6, 6.07) is 14.7. The van der Waals surface area contributed by atoms with E-state index in [0.717, 1.165) is 16.7 Å². The number of hydrogen-bond donors (Lipinski definition) is 0. The summed E-state index contributed by atoms with van der Waals surface area (Å²) in [5, 5.41) is 9.37. The Bertz CT molecular complexity index is 813. The lowest BCUT2D eigenvalue weighted by molar-refractivity contribution is 0.566. The van der Waals surface area contributed by atoms with Crippen molar-refractivity contribution in [3.8, 4) is 5.69 Å². The molecule has 2 aromatic carbocycles. The number of rotatable bonds is 1. The Morgan fingerprint density at radius 3 is 1.68 bits per heavy atom. The summed E-state index contributed by atoms with van der Waals surface area (Å²) in [4.78, 5) is 1.79. The molecule has 134 valence electrons. The predicted molar refractivity (Wildman–Crippen MR) is 108 cm³/mol. The summed E-state index contributed by atoms with van der Waals surface area (Å²) in [5.74, 6) is 0. The van der Waals surface area contributed by atoms with Crippen molar-refractivity contribution >= 4 is 11.0 Å². The third kappa shape index (κ3) is 4.09. The van der Waals surface area contributed by atoms with Crippen molar-refractivity contribution in [3.05, 3.63) is 53.6 Å². The van der Waals surface area contributed by atoms with Crippen molar-refractivity contribution in [2.75, 3.05) is 0 Å². The largest absolute Gasteiger partial charge is 0.150 e. The van der Waals surface area contributed by atoms with Crippen molar-refractivity contribution in [1.82, 2.24) is 15.0 Å². The smallest absolute Gasteiger partial charge is 0.113 e. The molecule has 0 saturated heterocycles. The van der Waals surface area contributed by atoms with Gasteiger partial charge in [-0.15, -0.1) is 10.2 Å². The van der Waals surface area contributed by atoms with Gasteiger partial charge in [-0.1, -0.05) is 79.7 Å². The Morgan fingerprint density at radius 2 is 1.24 bits per heavy atom. The van der Waals surface area contributed by atoms with E-state index in [1.54, 1.807) is 4.80 Å². The number of nitrogens with zero attached hydrogens (tertiary/aromatic N) is 3. The van der Waals surface area contributed by atoms with E-state index < -0.39 is 0 Å². The summed E-state index contributed by atoms with van der Waals surface area (Å²) in [7, 11) is 0. The van der Waals surface area contributed by atoms with Gasteiger partial charge in [0.25, 0.3) is 0 Å². The molecule has 25 heavy (non-hydrogen) atoms. The van der Waals surface area contributed by atoms with E-state index in [9.17, 15) is 0 Å². The molecule has 0 spiro atoms. The molecule has 0 saturated carbocycles. The first-order valence-electron chi connectivity index (χ1n) is 9.14. The summed E-state index contributed by atoms with van der Waals surface area (Å²) >= 11 is 0. The fraction of sp³-hybridized carbons (Fsp3) is 0.455. The molecule has 0 unspecified atom stereocenters. The molecule has 1 heterocycles. The zero-order valence-electron chi connectivity index (χ0n) is 16.9. The molecule has 3 nitrogen and oxygen atoms in total. The van der Waals surface area contributed by atoms with Crippen molar-refractivity contribution in [1.29, 1.82) is 0 Å². The van der Waals surface area contributed by atoms with Crippen LogP contribution in [0.15, 0.2) is 42.5 Å². The van der Waals surface area contributed by atoms with Gasteiger partial charge in [0.1, 0.15) is 11.0 Å². The summed E-state index contributed by atoms with van der Waals surface area (Å²) in [6.45, 7) is 17.4. The molecule has 0 aliphatic heterocycles. The Morgan fingerprint density at radius 1 is 0.720 bits per heavy atom. The fourth-order valence-corrected chi connectivity index (χ4v) is 2.77. The first kappa shape index (κ1) is 19.2. The monoisotopic (exact) mass is 337 g/mol. The maximum absolute atomic E-state index is 4.69. The highest BCUT2D eigenvalue weighted by atomic mass is 15.5. The van der Waals surface area contributed by atoms with Gasteiger partial charge in [0.2, 0.25) is 0 Å². The number of aromatic nitrogens is 3. The Labute approximate surface area is 152 Å². The van der Waals surface area contributed by atoms with Gasteiger partial charge in [-0.05, 0) is 40.2 Å². The van der Waals surface area contributed by atoms with Gasteiger partial charge in [0.05, 0.1) is 5.69 Å². The molecular weight excluding hydrogens is 306 g/mol. The van der Waals surface area contributed by atoms with Crippen LogP contribution in [0.1, 0.15) is 66.5 Å². The van der Waals surface area contributed by atoms with E-state index in [1.807, 2.05) is 38.1 Å². The third-order valence-corrected chi connectivity index (χ3v) is 4.17. The third-order valence-electron chi connectivity index (χ3n) is 4.17. The van der Waals surface area contributed by atoms with Crippen LogP contribution in [0.4, 0.5) is 0 Å². The van der Waals surface area contributed by atoms with Crippen LogP contribution in [-0.4, -0.2) is 15.0 Å². The second-order valence-electron chi connectivity index (χ2n) is 8.21. The number of benzene rings is 2. The average Bonchev–Trinajstić information content (AvgIpc) is 2.98. The highest BCUT2D eigenvalue weighted by Gasteiger charge is 2.23. The molecular formula is C22H31N3. The topological polar surface area (TPSA) is 30.7 Å². The van der Waals surface area contributed by atoms with Crippen LogP contribution in [0, 0.1) is 0 Å². The highest BCUT2D eigenvalue weighted by molar-refractivity contribution is 5.73. The minimum absolute atomic E-state index is 0.0333. The van der Waals surface area contributed by atoms with Crippen LogP contribution in [0.3, 0.4) is 0 Å². The molecule has 0 amide bonds.